The summed E-state index contributed by atoms with van der Waals surface area (Å²) in [5.74, 6) is -4.14. The molecule has 2 aromatic carbocycles. The molecule has 0 spiro atoms. The number of benzene rings is 2. The van der Waals surface area contributed by atoms with E-state index < -0.39 is 59.7 Å². The van der Waals surface area contributed by atoms with Gasteiger partial charge < -0.3 is 20.3 Å². The van der Waals surface area contributed by atoms with E-state index in [2.05, 4.69) is 5.32 Å². The summed E-state index contributed by atoms with van der Waals surface area (Å²) in [5, 5.41) is 17.7. The second-order valence-corrected chi connectivity index (χ2v) is 5.22. The minimum absolute atomic E-state index is 0.432. The standard InChI is InChI=1S/C17H18F3NO.C2H2O4/c1-21-12-11-16(13-5-3-2-4-6-13)22-15-9-7-14(8-10-15)17(18,19)20;3-1(4)2(5)6/h2-10,16,21H,11-12H2,1H3;(H,3,4)(H,5,6)/i7D,8D,9D,10D;. The largest absolute Gasteiger partial charge is 0.486 e. The zero-order valence-corrected chi connectivity index (χ0v) is 14.6. The van der Waals surface area contributed by atoms with Gasteiger partial charge in [0.2, 0.25) is 0 Å². The first kappa shape index (κ1) is 17.1. The number of carboxylic acids is 2. The van der Waals surface area contributed by atoms with Crippen molar-refractivity contribution < 1.29 is 43.2 Å². The molecule has 0 radical (unpaired) electrons. The van der Waals surface area contributed by atoms with E-state index in [0.717, 1.165) is 5.56 Å². The lowest BCUT2D eigenvalue weighted by Crippen LogP contribution is -2.16. The fraction of sp³-hybridized carbons (Fsp3) is 0.263. The molecule has 0 heterocycles. The average molecular weight is 403 g/mol. The molecule has 6 nitrogen and oxygen atoms in total. The molecule has 1 unspecified atom stereocenters. The second kappa shape index (κ2) is 10.9. The minimum Gasteiger partial charge on any atom is -0.486 e. The molecule has 2 rings (SSSR count). The van der Waals surface area contributed by atoms with Gasteiger partial charge in [0, 0.05) is 6.42 Å². The van der Waals surface area contributed by atoms with E-state index >= 15 is 0 Å². The smallest absolute Gasteiger partial charge is 0.416 e. The molecule has 0 aromatic heterocycles. The molecule has 2 aromatic rings. The van der Waals surface area contributed by atoms with Gasteiger partial charge in [-0.3, -0.25) is 0 Å². The van der Waals surface area contributed by atoms with Gasteiger partial charge >= 0.3 is 18.1 Å². The molecule has 1 atom stereocenters. The number of carboxylic acid groups (broad SMARTS) is 2. The SMILES string of the molecule is O=C(O)C(=O)O.[2H]c1c([2H])c(C(F)(F)F)c([2H])c([2H])c1OC(CCNC)c1ccccc1. The molecule has 0 fully saturated rings. The van der Waals surface area contributed by atoms with Gasteiger partial charge in [0.05, 0.1) is 11.0 Å². The summed E-state index contributed by atoms with van der Waals surface area (Å²) in [6.07, 6.45) is -5.18. The van der Waals surface area contributed by atoms with Crippen LogP contribution in [0.5, 0.6) is 5.75 Å². The third-order valence-electron chi connectivity index (χ3n) is 3.16. The van der Waals surface area contributed by atoms with Crippen LogP contribution in [0.3, 0.4) is 0 Å². The van der Waals surface area contributed by atoms with Crippen molar-refractivity contribution in [3.8, 4) is 5.75 Å². The molecule has 9 heteroatoms. The minimum atomic E-state index is -4.98. The Labute approximate surface area is 165 Å². The van der Waals surface area contributed by atoms with E-state index in [0.29, 0.717) is 13.0 Å². The molecular weight excluding hydrogens is 379 g/mol. The third kappa shape index (κ3) is 8.09. The number of carbonyl (C=O) groups is 2. The monoisotopic (exact) mass is 403 g/mol. The Balaban J connectivity index is 0.000000751. The lowest BCUT2D eigenvalue weighted by Gasteiger charge is -2.20. The molecule has 0 aliphatic carbocycles. The van der Waals surface area contributed by atoms with Crippen LogP contribution in [0.2, 0.25) is 0 Å². The summed E-state index contributed by atoms with van der Waals surface area (Å²) in [6.45, 7) is 0.530. The molecule has 0 aliphatic rings. The van der Waals surface area contributed by atoms with Crippen molar-refractivity contribution in [1.29, 1.82) is 0 Å². The quantitative estimate of drug-likeness (QED) is 0.638. The van der Waals surface area contributed by atoms with Crippen molar-refractivity contribution >= 4 is 11.9 Å². The summed E-state index contributed by atoms with van der Waals surface area (Å²) in [6, 6.07) is 4.86. The zero-order valence-electron chi connectivity index (χ0n) is 18.6. The van der Waals surface area contributed by atoms with Gasteiger partial charge in [-0.2, -0.15) is 13.2 Å². The molecule has 0 aliphatic heterocycles. The number of rotatable bonds is 6. The van der Waals surface area contributed by atoms with Crippen molar-refractivity contribution in [3.63, 3.8) is 0 Å². The van der Waals surface area contributed by atoms with Crippen LogP contribution in [0.1, 0.15) is 29.1 Å². The van der Waals surface area contributed by atoms with Crippen LogP contribution >= 0.6 is 0 Å². The number of alkyl halides is 3. The maximum absolute atomic E-state index is 13.0. The highest BCUT2D eigenvalue weighted by Gasteiger charge is 2.30. The maximum atomic E-state index is 13.0. The lowest BCUT2D eigenvalue weighted by molar-refractivity contribution is -0.159. The van der Waals surface area contributed by atoms with Gasteiger partial charge in [-0.1, -0.05) is 30.3 Å². The molecule has 0 saturated heterocycles. The second-order valence-electron chi connectivity index (χ2n) is 5.22. The van der Waals surface area contributed by atoms with Crippen LogP contribution in [0, 0.1) is 0 Å². The van der Waals surface area contributed by atoms with Gasteiger partial charge in [0.15, 0.2) is 0 Å². The topological polar surface area (TPSA) is 95.9 Å². The number of aliphatic carboxylic acids is 2. The number of hydrogen-bond donors (Lipinski definition) is 3. The van der Waals surface area contributed by atoms with E-state index in [9.17, 15) is 13.2 Å². The summed E-state index contributed by atoms with van der Waals surface area (Å²) >= 11 is 0. The Bertz CT molecular complexity index is 917. The van der Waals surface area contributed by atoms with E-state index in [-0.39, 0.29) is 0 Å². The molecule has 0 saturated carbocycles. The fourth-order valence-corrected chi connectivity index (χ4v) is 1.88. The Morgan fingerprint density at radius 3 is 2.07 bits per heavy atom. The first-order chi connectivity index (χ1) is 14.8. The fourth-order valence-electron chi connectivity index (χ4n) is 1.88. The van der Waals surface area contributed by atoms with Gasteiger partial charge in [0.1, 0.15) is 11.9 Å². The predicted molar refractivity (Wildman–Crippen MR) is 95.1 cm³/mol. The summed E-state index contributed by atoms with van der Waals surface area (Å²) in [5.41, 5.74) is -0.870. The van der Waals surface area contributed by atoms with Crippen molar-refractivity contribution in [3.05, 3.63) is 65.6 Å². The highest BCUT2D eigenvalue weighted by Crippen LogP contribution is 2.31. The number of hydrogen-bond acceptors (Lipinski definition) is 4. The molecule has 152 valence electrons. The molecule has 28 heavy (non-hydrogen) atoms. The van der Waals surface area contributed by atoms with Gasteiger partial charge in [-0.25, -0.2) is 9.59 Å². The number of nitrogens with one attached hydrogen (secondary N) is 1. The Kier molecular flexibility index (Phi) is 6.66. The third-order valence-corrected chi connectivity index (χ3v) is 3.16. The Hall–Kier alpha value is -3.07. The molecule has 0 amide bonds. The molecular formula is C19H20F3NO5. The first-order valence-electron chi connectivity index (χ1n) is 9.82. The zero-order chi connectivity index (χ0) is 24.6. The van der Waals surface area contributed by atoms with Gasteiger partial charge in [-0.15, -0.1) is 0 Å². The number of ether oxygens (including phenoxy) is 1. The van der Waals surface area contributed by atoms with Crippen molar-refractivity contribution in [2.24, 2.45) is 0 Å². The Morgan fingerprint density at radius 2 is 1.64 bits per heavy atom. The van der Waals surface area contributed by atoms with Crippen LogP contribution in [0.15, 0.2) is 54.5 Å². The summed E-state index contributed by atoms with van der Waals surface area (Å²) in [4.78, 5) is 18.2. The van der Waals surface area contributed by atoms with Crippen molar-refractivity contribution in [1.82, 2.24) is 5.32 Å². The first-order valence-corrected chi connectivity index (χ1v) is 7.82. The highest BCUT2D eigenvalue weighted by molar-refractivity contribution is 6.27. The highest BCUT2D eigenvalue weighted by atomic mass is 19.4. The summed E-state index contributed by atoms with van der Waals surface area (Å²) < 4.78 is 75.7. The normalized spacial score (nSPS) is 13.7. The van der Waals surface area contributed by atoms with Crippen LogP contribution in [-0.4, -0.2) is 35.7 Å². The van der Waals surface area contributed by atoms with Crippen LogP contribution in [0.25, 0.3) is 0 Å². The van der Waals surface area contributed by atoms with Crippen LogP contribution in [0.4, 0.5) is 13.2 Å². The van der Waals surface area contributed by atoms with Gasteiger partial charge in [0.25, 0.3) is 0 Å². The van der Waals surface area contributed by atoms with Crippen LogP contribution < -0.4 is 10.1 Å². The molecule has 3 N–H and O–H groups in total. The number of halogens is 3. The predicted octanol–water partition coefficient (Wildman–Crippen LogP) is 3.59. The Morgan fingerprint density at radius 1 is 1.11 bits per heavy atom. The maximum Gasteiger partial charge on any atom is 0.416 e. The van der Waals surface area contributed by atoms with Gasteiger partial charge in [-0.05, 0) is 43.3 Å². The molecule has 0 bridgehead atoms. The van der Waals surface area contributed by atoms with Crippen molar-refractivity contribution in [2.45, 2.75) is 18.7 Å². The average Bonchev–Trinajstić information content (AvgIpc) is 2.72. The van der Waals surface area contributed by atoms with E-state index in [4.69, 9.17) is 30.0 Å². The lowest BCUT2D eigenvalue weighted by atomic mass is 10.1. The van der Waals surface area contributed by atoms with Crippen LogP contribution in [-0.2, 0) is 15.8 Å². The summed E-state index contributed by atoms with van der Waals surface area (Å²) in [7, 11) is 1.73. The van der Waals surface area contributed by atoms with E-state index in [1.165, 1.54) is 0 Å². The van der Waals surface area contributed by atoms with E-state index in [1.807, 2.05) is 0 Å². The van der Waals surface area contributed by atoms with Crippen molar-refractivity contribution in [2.75, 3.05) is 13.6 Å². The van der Waals surface area contributed by atoms with E-state index in [1.54, 1.807) is 37.4 Å².